The molecule has 2 aromatic carbocycles. The van der Waals surface area contributed by atoms with Crippen molar-refractivity contribution in [3.63, 3.8) is 0 Å². The third kappa shape index (κ3) is 5.09. The van der Waals surface area contributed by atoms with Gasteiger partial charge in [-0.15, -0.1) is 0 Å². The van der Waals surface area contributed by atoms with Crippen LogP contribution in [0.4, 0.5) is 0 Å². The summed E-state index contributed by atoms with van der Waals surface area (Å²) in [6.07, 6.45) is 0. The van der Waals surface area contributed by atoms with Crippen molar-refractivity contribution < 1.29 is 18.8 Å². The Bertz CT molecular complexity index is 919. The summed E-state index contributed by atoms with van der Waals surface area (Å²) in [7, 11) is 0. The average Bonchev–Trinajstić information content (AvgIpc) is 3.17. The number of hydrogen-bond donors (Lipinski definition) is 1. The van der Waals surface area contributed by atoms with Gasteiger partial charge in [0.1, 0.15) is 11.5 Å². The summed E-state index contributed by atoms with van der Waals surface area (Å²) in [5, 5.41) is 6.83. The summed E-state index contributed by atoms with van der Waals surface area (Å²) in [5.41, 5.74) is 1.54. The minimum atomic E-state index is -0.169. The van der Waals surface area contributed by atoms with E-state index in [1.54, 1.807) is 12.1 Å². The Labute approximate surface area is 163 Å². The highest BCUT2D eigenvalue weighted by molar-refractivity contribution is 5.77. The van der Waals surface area contributed by atoms with E-state index in [9.17, 15) is 4.79 Å². The number of carbonyl (C=O) groups is 1. The molecule has 1 amide bonds. The van der Waals surface area contributed by atoms with Crippen molar-refractivity contribution in [2.75, 3.05) is 13.2 Å². The number of rotatable bonds is 8. The van der Waals surface area contributed by atoms with Crippen molar-refractivity contribution >= 4 is 5.91 Å². The Morgan fingerprint density at radius 1 is 1.07 bits per heavy atom. The summed E-state index contributed by atoms with van der Waals surface area (Å²) >= 11 is 0. The second-order valence-corrected chi connectivity index (χ2v) is 6.42. The van der Waals surface area contributed by atoms with Crippen LogP contribution in [-0.2, 0) is 4.79 Å². The SMILES string of the molecule is CCOc1ccc(-c2nc(-c3cccc(OCC(=O)NC(C)C)c3)no2)cc1. The fourth-order valence-corrected chi connectivity index (χ4v) is 2.56. The fourth-order valence-electron chi connectivity index (χ4n) is 2.56. The number of ether oxygens (including phenoxy) is 2. The number of nitrogens with zero attached hydrogens (tertiary/aromatic N) is 2. The highest BCUT2D eigenvalue weighted by Crippen LogP contribution is 2.26. The van der Waals surface area contributed by atoms with Crippen LogP contribution >= 0.6 is 0 Å². The first-order valence-electron chi connectivity index (χ1n) is 9.14. The van der Waals surface area contributed by atoms with E-state index in [0.717, 1.165) is 16.9 Å². The second kappa shape index (κ2) is 9.03. The maximum atomic E-state index is 11.7. The van der Waals surface area contributed by atoms with E-state index >= 15 is 0 Å². The van der Waals surface area contributed by atoms with Crippen LogP contribution in [0.3, 0.4) is 0 Å². The Morgan fingerprint density at radius 2 is 1.86 bits per heavy atom. The molecule has 0 aliphatic heterocycles. The van der Waals surface area contributed by atoms with Crippen molar-refractivity contribution in [1.82, 2.24) is 15.5 Å². The van der Waals surface area contributed by atoms with Crippen LogP contribution in [0, 0.1) is 0 Å². The molecule has 0 atom stereocenters. The predicted molar refractivity (Wildman–Crippen MR) is 105 cm³/mol. The van der Waals surface area contributed by atoms with Gasteiger partial charge in [-0.05, 0) is 57.2 Å². The van der Waals surface area contributed by atoms with E-state index in [0.29, 0.717) is 24.1 Å². The highest BCUT2D eigenvalue weighted by atomic mass is 16.5. The minimum absolute atomic E-state index is 0.0503. The van der Waals surface area contributed by atoms with Crippen molar-refractivity contribution in [2.45, 2.75) is 26.8 Å². The van der Waals surface area contributed by atoms with E-state index in [1.807, 2.05) is 57.2 Å². The Balaban J connectivity index is 1.70. The monoisotopic (exact) mass is 381 g/mol. The van der Waals surface area contributed by atoms with Gasteiger partial charge in [-0.2, -0.15) is 4.98 Å². The normalized spacial score (nSPS) is 10.7. The Hall–Kier alpha value is -3.35. The summed E-state index contributed by atoms with van der Waals surface area (Å²) in [6.45, 7) is 6.30. The molecule has 3 rings (SSSR count). The van der Waals surface area contributed by atoms with Gasteiger partial charge in [0.2, 0.25) is 5.82 Å². The van der Waals surface area contributed by atoms with Crippen molar-refractivity contribution in [1.29, 1.82) is 0 Å². The highest BCUT2D eigenvalue weighted by Gasteiger charge is 2.12. The molecule has 0 saturated heterocycles. The molecule has 146 valence electrons. The quantitative estimate of drug-likeness (QED) is 0.640. The molecule has 0 radical (unpaired) electrons. The van der Waals surface area contributed by atoms with Gasteiger partial charge in [-0.3, -0.25) is 4.79 Å². The van der Waals surface area contributed by atoms with E-state index in [-0.39, 0.29) is 18.6 Å². The van der Waals surface area contributed by atoms with Crippen LogP contribution in [0.2, 0.25) is 0 Å². The Kier molecular flexibility index (Phi) is 6.26. The number of aromatic nitrogens is 2. The van der Waals surface area contributed by atoms with Gasteiger partial charge in [0.05, 0.1) is 6.61 Å². The third-order valence-electron chi connectivity index (χ3n) is 3.75. The standard InChI is InChI=1S/C21H23N3O4/c1-4-26-17-10-8-15(9-11-17)21-23-20(24-28-21)16-6-5-7-18(12-16)27-13-19(25)22-14(2)3/h5-12,14H,4,13H2,1-3H3,(H,22,25). The largest absolute Gasteiger partial charge is 0.494 e. The molecular formula is C21H23N3O4. The number of nitrogens with one attached hydrogen (secondary N) is 1. The molecule has 1 heterocycles. The van der Waals surface area contributed by atoms with E-state index in [4.69, 9.17) is 14.0 Å². The molecule has 0 saturated carbocycles. The fraction of sp³-hybridized carbons (Fsp3) is 0.286. The van der Waals surface area contributed by atoms with Gasteiger partial charge in [-0.1, -0.05) is 17.3 Å². The van der Waals surface area contributed by atoms with Crippen LogP contribution in [0.15, 0.2) is 53.1 Å². The van der Waals surface area contributed by atoms with Gasteiger partial charge in [0, 0.05) is 17.2 Å². The zero-order valence-electron chi connectivity index (χ0n) is 16.1. The molecule has 0 spiro atoms. The molecule has 3 aromatic rings. The first-order chi connectivity index (χ1) is 13.5. The molecule has 0 fully saturated rings. The molecule has 7 heteroatoms. The van der Waals surface area contributed by atoms with Crippen molar-refractivity contribution in [3.05, 3.63) is 48.5 Å². The van der Waals surface area contributed by atoms with Gasteiger partial charge in [-0.25, -0.2) is 0 Å². The van der Waals surface area contributed by atoms with Crippen LogP contribution in [-0.4, -0.2) is 35.3 Å². The second-order valence-electron chi connectivity index (χ2n) is 6.42. The van der Waals surface area contributed by atoms with Crippen LogP contribution in [0.5, 0.6) is 11.5 Å². The minimum Gasteiger partial charge on any atom is -0.494 e. The maximum absolute atomic E-state index is 11.7. The van der Waals surface area contributed by atoms with Crippen molar-refractivity contribution in [3.8, 4) is 34.3 Å². The van der Waals surface area contributed by atoms with Crippen LogP contribution < -0.4 is 14.8 Å². The third-order valence-corrected chi connectivity index (χ3v) is 3.75. The summed E-state index contributed by atoms with van der Waals surface area (Å²) in [5.74, 6) is 2.04. The first kappa shape index (κ1) is 19.4. The van der Waals surface area contributed by atoms with Gasteiger partial charge >= 0.3 is 0 Å². The molecule has 28 heavy (non-hydrogen) atoms. The molecule has 0 bridgehead atoms. The van der Waals surface area contributed by atoms with Crippen molar-refractivity contribution in [2.24, 2.45) is 0 Å². The van der Waals surface area contributed by atoms with Crippen LogP contribution in [0.25, 0.3) is 22.8 Å². The number of amides is 1. The summed E-state index contributed by atoms with van der Waals surface area (Å²) < 4.78 is 16.4. The summed E-state index contributed by atoms with van der Waals surface area (Å²) in [6, 6.07) is 14.8. The number of hydrogen-bond acceptors (Lipinski definition) is 6. The predicted octanol–water partition coefficient (Wildman–Crippen LogP) is 3.71. The maximum Gasteiger partial charge on any atom is 0.258 e. The molecule has 7 nitrogen and oxygen atoms in total. The summed E-state index contributed by atoms with van der Waals surface area (Å²) in [4.78, 5) is 16.2. The lowest BCUT2D eigenvalue weighted by Crippen LogP contribution is -2.34. The lowest BCUT2D eigenvalue weighted by Gasteiger charge is -2.10. The zero-order chi connectivity index (χ0) is 19.9. The number of benzene rings is 2. The zero-order valence-corrected chi connectivity index (χ0v) is 16.1. The average molecular weight is 381 g/mol. The van der Waals surface area contributed by atoms with E-state index in [1.165, 1.54) is 0 Å². The van der Waals surface area contributed by atoms with Gasteiger partial charge in [0.25, 0.3) is 11.8 Å². The van der Waals surface area contributed by atoms with Gasteiger partial charge < -0.3 is 19.3 Å². The lowest BCUT2D eigenvalue weighted by atomic mass is 10.2. The molecular weight excluding hydrogens is 358 g/mol. The lowest BCUT2D eigenvalue weighted by molar-refractivity contribution is -0.123. The smallest absolute Gasteiger partial charge is 0.258 e. The van der Waals surface area contributed by atoms with E-state index < -0.39 is 0 Å². The molecule has 0 aliphatic carbocycles. The molecule has 0 unspecified atom stereocenters. The Morgan fingerprint density at radius 3 is 2.57 bits per heavy atom. The van der Waals surface area contributed by atoms with Gasteiger partial charge in [0.15, 0.2) is 6.61 Å². The topological polar surface area (TPSA) is 86.5 Å². The molecule has 0 aliphatic rings. The van der Waals surface area contributed by atoms with Crippen LogP contribution in [0.1, 0.15) is 20.8 Å². The first-order valence-corrected chi connectivity index (χ1v) is 9.14. The molecule has 1 N–H and O–H groups in total. The molecule has 1 aromatic heterocycles. The van der Waals surface area contributed by atoms with E-state index in [2.05, 4.69) is 15.5 Å². The number of carbonyl (C=O) groups excluding carboxylic acids is 1.